The first-order valence-electron chi connectivity index (χ1n) is 12.0. The zero-order valence-electron chi connectivity index (χ0n) is 20.7. The molecule has 0 N–H and O–H groups in total. The summed E-state index contributed by atoms with van der Waals surface area (Å²) < 4.78 is 34.8. The van der Waals surface area contributed by atoms with Crippen LogP contribution in [0.4, 0.5) is 11.4 Å². The molecule has 3 aromatic rings. The van der Waals surface area contributed by atoms with Crippen LogP contribution >= 0.6 is 27.5 Å². The fourth-order valence-electron chi connectivity index (χ4n) is 4.27. The molecule has 4 rings (SSSR count). The van der Waals surface area contributed by atoms with Crippen molar-refractivity contribution < 1.29 is 17.9 Å². The molecule has 1 saturated heterocycles. The number of anilines is 2. The molecule has 1 fully saturated rings. The quantitative estimate of drug-likeness (QED) is 0.346. The first-order chi connectivity index (χ1) is 17.7. The fraction of sp³-hybridized carbons (Fsp3) is 0.296. The molecule has 1 amide bonds. The van der Waals surface area contributed by atoms with E-state index in [-0.39, 0.29) is 17.3 Å². The monoisotopic (exact) mass is 605 g/mol. The van der Waals surface area contributed by atoms with Gasteiger partial charge in [0.2, 0.25) is 5.91 Å². The van der Waals surface area contributed by atoms with Crippen LogP contribution in [0, 0.1) is 6.92 Å². The Morgan fingerprint density at radius 2 is 1.65 bits per heavy atom. The van der Waals surface area contributed by atoms with E-state index < -0.39 is 10.0 Å². The Morgan fingerprint density at radius 3 is 2.27 bits per heavy atom. The van der Waals surface area contributed by atoms with Gasteiger partial charge in [0.1, 0.15) is 12.3 Å². The lowest BCUT2D eigenvalue weighted by atomic mass is 10.1. The number of nitrogens with zero attached hydrogens (tertiary/aromatic N) is 3. The zero-order valence-corrected chi connectivity index (χ0v) is 23.9. The molecule has 10 heteroatoms. The van der Waals surface area contributed by atoms with Gasteiger partial charge in [0.05, 0.1) is 17.2 Å². The first kappa shape index (κ1) is 27.3. The van der Waals surface area contributed by atoms with Crippen LogP contribution < -0.4 is 13.9 Å². The summed E-state index contributed by atoms with van der Waals surface area (Å²) in [6.07, 6.45) is 0. The van der Waals surface area contributed by atoms with Gasteiger partial charge in [0, 0.05) is 41.4 Å². The van der Waals surface area contributed by atoms with Gasteiger partial charge in [-0.2, -0.15) is 0 Å². The highest BCUT2D eigenvalue weighted by atomic mass is 79.9. The summed E-state index contributed by atoms with van der Waals surface area (Å²) in [5, 5.41) is 0.670. The Balaban J connectivity index is 1.54. The van der Waals surface area contributed by atoms with Gasteiger partial charge in [0.25, 0.3) is 10.0 Å². The average molecular weight is 607 g/mol. The van der Waals surface area contributed by atoms with E-state index in [1.807, 2.05) is 32.0 Å². The van der Waals surface area contributed by atoms with E-state index in [9.17, 15) is 13.2 Å². The van der Waals surface area contributed by atoms with E-state index in [2.05, 4.69) is 20.8 Å². The van der Waals surface area contributed by atoms with E-state index in [4.69, 9.17) is 16.3 Å². The largest absolute Gasteiger partial charge is 0.494 e. The molecular weight excluding hydrogens is 578 g/mol. The Hall–Kier alpha value is -2.75. The van der Waals surface area contributed by atoms with Crippen LogP contribution in [-0.2, 0) is 14.8 Å². The molecule has 3 aromatic carbocycles. The third-order valence-electron chi connectivity index (χ3n) is 6.26. The highest BCUT2D eigenvalue weighted by Crippen LogP contribution is 2.28. The van der Waals surface area contributed by atoms with Gasteiger partial charge in [-0.25, -0.2) is 8.42 Å². The molecule has 0 aromatic heterocycles. The average Bonchev–Trinajstić information content (AvgIpc) is 2.89. The zero-order chi connectivity index (χ0) is 26.6. The van der Waals surface area contributed by atoms with Gasteiger partial charge in [-0.1, -0.05) is 33.6 Å². The van der Waals surface area contributed by atoms with E-state index in [0.717, 1.165) is 15.7 Å². The number of halogens is 2. The molecular formula is C27H29BrClN3O4S. The number of carbonyl (C=O) groups excluding carboxylic acids is 1. The summed E-state index contributed by atoms with van der Waals surface area (Å²) in [5.41, 5.74) is 2.56. The van der Waals surface area contributed by atoms with Crippen molar-refractivity contribution in [3.05, 3.63) is 81.8 Å². The van der Waals surface area contributed by atoms with Gasteiger partial charge in [0.15, 0.2) is 0 Å². The molecule has 1 heterocycles. The SMILES string of the molecule is CCOc1ccc(N(CC(=O)N2CCN(c3cc(Cl)ccc3C)CC2)S(=O)(=O)c2ccc(Br)cc2)cc1. The van der Waals surface area contributed by atoms with Crippen molar-refractivity contribution in [2.45, 2.75) is 18.7 Å². The molecule has 196 valence electrons. The lowest BCUT2D eigenvalue weighted by molar-refractivity contribution is -0.129. The number of rotatable bonds is 8. The summed E-state index contributed by atoms with van der Waals surface area (Å²) in [4.78, 5) is 17.4. The number of sulfonamides is 1. The number of aryl methyl sites for hydroxylation is 1. The van der Waals surface area contributed by atoms with Gasteiger partial charge in [-0.05, 0) is 80.1 Å². The van der Waals surface area contributed by atoms with E-state index in [1.165, 1.54) is 16.4 Å². The predicted octanol–water partition coefficient (Wildman–Crippen LogP) is 5.35. The minimum atomic E-state index is -3.99. The number of hydrogen-bond donors (Lipinski definition) is 0. The minimum absolute atomic E-state index is 0.110. The van der Waals surface area contributed by atoms with Crippen LogP contribution in [0.15, 0.2) is 76.1 Å². The summed E-state index contributed by atoms with van der Waals surface area (Å²) in [6.45, 7) is 6.35. The number of benzene rings is 3. The topological polar surface area (TPSA) is 70.2 Å². The summed E-state index contributed by atoms with van der Waals surface area (Å²) in [5.74, 6) is 0.378. The number of carbonyl (C=O) groups is 1. The molecule has 0 unspecified atom stereocenters. The molecule has 0 saturated carbocycles. The second-order valence-electron chi connectivity index (χ2n) is 8.69. The third-order valence-corrected chi connectivity index (χ3v) is 8.81. The van der Waals surface area contributed by atoms with Crippen LogP contribution in [-0.4, -0.2) is 58.6 Å². The van der Waals surface area contributed by atoms with Crippen molar-refractivity contribution >= 4 is 54.8 Å². The Kier molecular flexibility index (Phi) is 8.67. The summed E-state index contributed by atoms with van der Waals surface area (Å²) >= 11 is 9.54. The molecule has 37 heavy (non-hydrogen) atoms. The van der Waals surface area contributed by atoms with Crippen LogP contribution in [0.5, 0.6) is 5.75 Å². The second kappa shape index (κ2) is 11.8. The fourth-order valence-corrected chi connectivity index (χ4v) is 6.11. The van der Waals surface area contributed by atoms with Crippen molar-refractivity contribution in [3.63, 3.8) is 0 Å². The van der Waals surface area contributed by atoms with Crippen LogP contribution in [0.25, 0.3) is 0 Å². The lowest BCUT2D eigenvalue weighted by Gasteiger charge is -2.37. The minimum Gasteiger partial charge on any atom is -0.494 e. The Bertz CT molecular complexity index is 1340. The molecule has 1 aliphatic heterocycles. The summed E-state index contributed by atoms with van der Waals surface area (Å²) in [6, 6.07) is 18.9. The summed E-state index contributed by atoms with van der Waals surface area (Å²) in [7, 11) is -3.99. The van der Waals surface area contributed by atoms with Gasteiger partial charge in [-0.15, -0.1) is 0 Å². The maximum absolute atomic E-state index is 13.7. The van der Waals surface area contributed by atoms with Crippen LogP contribution in [0.3, 0.4) is 0 Å². The highest BCUT2D eigenvalue weighted by Gasteiger charge is 2.30. The van der Waals surface area contributed by atoms with Gasteiger partial charge < -0.3 is 14.5 Å². The highest BCUT2D eigenvalue weighted by molar-refractivity contribution is 9.10. The van der Waals surface area contributed by atoms with E-state index in [0.29, 0.717) is 49.2 Å². The molecule has 0 aliphatic carbocycles. The first-order valence-corrected chi connectivity index (χ1v) is 14.6. The Labute approximate surface area is 231 Å². The Morgan fingerprint density at radius 1 is 1.00 bits per heavy atom. The lowest BCUT2D eigenvalue weighted by Crippen LogP contribution is -2.52. The molecule has 0 atom stereocenters. The number of hydrogen-bond acceptors (Lipinski definition) is 5. The maximum atomic E-state index is 13.7. The van der Waals surface area contributed by atoms with Gasteiger partial charge in [-0.3, -0.25) is 9.10 Å². The van der Waals surface area contributed by atoms with Gasteiger partial charge >= 0.3 is 0 Å². The molecule has 0 spiro atoms. The van der Waals surface area contributed by atoms with Crippen molar-refractivity contribution in [3.8, 4) is 5.75 Å². The standard InChI is InChI=1S/C27H29BrClN3O4S/c1-3-36-24-10-8-23(9-11-24)32(37(34,35)25-12-5-21(28)6-13-25)19-27(33)31-16-14-30(15-17-31)26-18-22(29)7-4-20(26)2/h4-13,18H,3,14-17,19H2,1-2H3. The number of piperazine rings is 1. The van der Waals surface area contributed by atoms with Crippen molar-refractivity contribution in [2.75, 3.05) is 48.5 Å². The van der Waals surface area contributed by atoms with Crippen molar-refractivity contribution in [2.24, 2.45) is 0 Å². The van der Waals surface area contributed by atoms with Crippen molar-refractivity contribution in [1.82, 2.24) is 4.90 Å². The molecule has 7 nitrogen and oxygen atoms in total. The number of amides is 1. The molecule has 0 bridgehead atoms. The third kappa shape index (κ3) is 6.40. The molecule has 1 aliphatic rings. The van der Waals surface area contributed by atoms with Crippen LogP contribution in [0.2, 0.25) is 5.02 Å². The smallest absolute Gasteiger partial charge is 0.264 e. The van der Waals surface area contributed by atoms with Crippen LogP contribution in [0.1, 0.15) is 12.5 Å². The van der Waals surface area contributed by atoms with E-state index >= 15 is 0 Å². The van der Waals surface area contributed by atoms with E-state index in [1.54, 1.807) is 41.3 Å². The normalized spacial score (nSPS) is 13.9. The second-order valence-corrected chi connectivity index (χ2v) is 11.9. The number of ether oxygens (including phenoxy) is 1. The molecule has 0 radical (unpaired) electrons. The van der Waals surface area contributed by atoms with Crippen molar-refractivity contribution in [1.29, 1.82) is 0 Å². The predicted molar refractivity (Wildman–Crippen MR) is 151 cm³/mol. The maximum Gasteiger partial charge on any atom is 0.264 e.